The average Bonchev–Trinajstić information content (AvgIpc) is 2.73. The normalized spacial score (nSPS) is 13.7. The van der Waals surface area contributed by atoms with E-state index in [0.717, 1.165) is 18.2 Å². The molecule has 0 bridgehead atoms. The Morgan fingerprint density at radius 3 is 2.62 bits per heavy atom. The molecule has 0 radical (unpaired) electrons. The largest absolute Gasteiger partial charge is 0.306 e. The summed E-state index contributed by atoms with van der Waals surface area (Å²) in [4.78, 5) is 0. The molecular weight excluding hydrogens is 198 g/mol. The summed E-state index contributed by atoms with van der Waals surface area (Å²) in [5, 5.41) is 8.64. The van der Waals surface area contributed by atoms with Crippen LogP contribution in [-0.2, 0) is 12.0 Å². The first-order chi connectivity index (χ1) is 7.57. The molecule has 0 spiro atoms. The number of hydrogen-bond donors (Lipinski definition) is 0. The van der Waals surface area contributed by atoms with Gasteiger partial charge in [-0.25, -0.2) is 0 Å². The lowest BCUT2D eigenvalue weighted by atomic mass is 9.96. The number of hydrogen-bond acceptors (Lipinski definition) is 2. The van der Waals surface area contributed by atoms with Crippen LogP contribution < -0.4 is 0 Å². The molecule has 0 N–H and O–H groups in total. The molecule has 3 rings (SSSR count). The zero-order chi connectivity index (χ0) is 11.3. The molecule has 0 fully saturated rings. The highest BCUT2D eigenvalue weighted by atomic mass is 15.3. The van der Waals surface area contributed by atoms with Crippen molar-refractivity contribution in [3.8, 4) is 11.4 Å². The van der Waals surface area contributed by atoms with Crippen LogP contribution >= 0.6 is 0 Å². The van der Waals surface area contributed by atoms with Crippen LogP contribution in [0, 0.1) is 0 Å². The zero-order valence-electron chi connectivity index (χ0n) is 9.86. The Hall–Kier alpha value is -1.64. The first kappa shape index (κ1) is 9.58. The summed E-state index contributed by atoms with van der Waals surface area (Å²) >= 11 is 0. The molecule has 2 heterocycles. The Kier molecular flexibility index (Phi) is 1.76. The fourth-order valence-electron chi connectivity index (χ4n) is 2.25. The van der Waals surface area contributed by atoms with Crippen molar-refractivity contribution >= 4 is 0 Å². The highest BCUT2D eigenvalue weighted by Crippen LogP contribution is 2.33. The molecule has 0 saturated heterocycles. The van der Waals surface area contributed by atoms with Crippen molar-refractivity contribution in [1.82, 2.24) is 14.8 Å². The Morgan fingerprint density at radius 2 is 1.88 bits per heavy atom. The van der Waals surface area contributed by atoms with Gasteiger partial charge in [0.2, 0.25) is 0 Å². The number of nitrogens with zero attached hydrogens (tertiary/aromatic N) is 3. The molecule has 0 aliphatic carbocycles. The van der Waals surface area contributed by atoms with Crippen molar-refractivity contribution in [3.63, 3.8) is 0 Å². The fraction of sp³-hybridized carbons (Fsp3) is 0.385. The molecule has 1 aliphatic rings. The van der Waals surface area contributed by atoms with Gasteiger partial charge in [-0.15, -0.1) is 10.2 Å². The summed E-state index contributed by atoms with van der Waals surface area (Å²) in [5.41, 5.74) is 2.62. The lowest BCUT2D eigenvalue weighted by Gasteiger charge is -2.17. The van der Waals surface area contributed by atoms with E-state index in [1.54, 1.807) is 0 Å². The highest BCUT2D eigenvalue weighted by Gasteiger charge is 2.28. The van der Waals surface area contributed by atoms with E-state index in [9.17, 15) is 0 Å². The van der Waals surface area contributed by atoms with Crippen LogP contribution in [0.4, 0.5) is 0 Å². The summed E-state index contributed by atoms with van der Waals surface area (Å²) in [6.45, 7) is 7.43. The van der Waals surface area contributed by atoms with Crippen molar-refractivity contribution in [2.24, 2.45) is 0 Å². The van der Waals surface area contributed by atoms with Gasteiger partial charge in [-0.2, -0.15) is 0 Å². The van der Waals surface area contributed by atoms with Crippen LogP contribution in [0.2, 0.25) is 0 Å². The molecule has 3 heteroatoms. The molecule has 0 amide bonds. The standard InChI is InChI=1S/C13H15N3/c1-13(2,3)12-15-14-11-10-7-5-4-6-9(10)8-16(11)12/h4-7H,8H2,1-3H3. The van der Waals surface area contributed by atoms with Gasteiger partial charge in [0.1, 0.15) is 5.82 Å². The maximum atomic E-state index is 4.32. The smallest absolute Gasteiger partial charge is 0.164 e. The first-order valence-electron chi connectivity index (χ1n) is 5.59. The predicted octanol–water partition coefficient (Wildman–Crippen LogP) is 2.60. The van der Waals surface area contributed by atoms with Crippen LogP contribution in [0.3, 0.4) is 0 Å². The third-order valence-corrected chi connectivity index (χ3v) is 3.01. The van der Waals surface area contributed by atoms with Crippen LogP contribution in [0.25, 0.3) is 11.4 Å². The van der Waals surface area contributed by atoms with E-state index >= 15 is 0 Å². The van der Waals surface area contributed by atoms with E-state index in [2.05, 4.69) is 59.8 Å². The van der Waals surface area contributed by atoms with Crippen molar-refractivity contribution < 1.29 is 0 Å². The molecule has 3 nitrogen and oxygen atoms in total. The SMILES string of the molecule is CC(C)(C)c1nnc2n1Cc1ccccc1-2. The second-order valence-corrected chi connectivity index (χ2v) is 5.34. The summed E-state index contributed by atoms with van der Waals surface area (Å²) < 4.78 is 2.23. The second kappa shape index (κ2) is 2.94. The molecule has 82 valence electrons. The summed E-state index contributed by atoms with van der Waals surface area (Å²) in [7, 11) is 0. The lowest BCUT2D eigenvalue weighted by molar-refractivity contribution is 0.514. The first-order valence-corrected chi connectivity index (χ1v) is 5.59. The molecule has 1 aromatic carbocycles. The Bertz CT molecular complexity index is 547. The monoisotopic (exact) mass is 213 g/mol. The van der Waals surface area contributed by atoms with Gasteiger partial charge in [-0.05, 0) is 5.56 Å². The minimum Gasteiger partial charge on any atom is -0.306 e. The van der Waals surface area contributed by atoms with Gasteiger partial charge in [-0.1, -0.05) is 45.0 Å². The molecular formula is C13H15N3. The molecule has 1 aliphatic heterocycles. The average molecular weight is 213 g/mol. The molecule has 0 unspecified atom stereocenters. The third kappa shape index (κ3) is 1.21. The van der Waals surface area contributed by atoms with Crippen LogP contribution in [-0.4, -0.2) is 14.8 Å². The Labute approximate surface area is 95.1 Å². The van der Waals surface area contributed by atoms with Gasteiger partial charge >= 0.3 is 0 Å². The molecule has 16 heavy (non-hydrogen) atoms. The quantitative estimate of drug-likeness (QED) is 0.574. The fourth-order valence-corrected chi connectivity index (χ4v) is 2.25. The topological polar surface area (TPSA) is 30.7 Å². The summed E-state index contributed by atoms with van der Waals surface area (Å²) in [6, 6.07) is 8.42. The van der Waals surface area contributed by atoms with E-state index in [1.807, 2.05) is 0 Å². The van der Waals surface area contributed by atoms with E-state index in [1.165, 1.54) is 11.1 Å². The predicted molar refractivity (Wildman–Crippen MR) is 63.3 cm³/mol. The van der Waals surface area contributed by atoms with Crippen LogP contribution in [0.15, 0.2) is 24.3 Å². The minimum atomic E-state index is 0.0489. The second-order valence-electron chi connectivity index (χ2n) is 5.34. The van der Waals surface area contributed by atoms with Crippen molar-refractivity contribution in [2.45, 2.75) is 32.7 Å². The molecule has 0 saturated carbocycles. The van der Waals surface area contributed by atoms with E-state index in [0.29, 0.717) is 0 Å². The maximum absolute atomic E-state index is 4.32. The van der Waals surface area contributed by atoms with Crippen LogP contribution in [0.5, 0.6) is 0 Å². The Morgan fingerprint density at radius 1 is 1.12 bits per heavy atom. The van der Waals surface area contributed by atoms with E-state index < -0.39 is 0 Å². The van der Waals surface area contributed by atoms with E-state index in [4.69, 9.17) is 0 Å². The van der Waals surface area contributed by atoms with Gasteiger partial charge in [0.05, 0.1) is 6.54 Å². The molecule has 0 atom stereocenters. The Balaban J connectivity index is 2.19. The van der Waals surface area contributed by atoms with Crippen molar-refractivity contribution in [1.29, 1.82) is 0 Å². The number of fused-ring (bicyclic) bond motifs is 3. The van der Waals surface area contributed by atoms with Gasteiger partial charge in [0, 0.05) is 11.0 Å². The minimum absolute atomic E-state index is 0.0489. The van der Waals surface area contributed by atoms with Crippen LogP contribution in [0.1, 0.15) is 32.2 Å². The zero-order valence-corrected chi connectivity index (χ0v) is 9.86. The molecule has 2 aromatic rings. The number of rotatable bonds is 0. The maximum Gasteiger partial charge on any atom is 0.164 e. The van der Waals surface area contributed by atoms with Gasteiger partial charge < -0.3 is 4.57 Å². The number of benzene rings is 1. The lowest BCUT2D eigenvalue weighted by Crippen LogP contribution is -2.18. The van der Waals surface area contributed by atoms with Gasteiger partial charge in [0.25, 0.3) is 0 Å². The van der Waals surface area contributed by atoms with Gasteiger partial charge in [0.15, 0.2) is 5.82 Å². The summed E-state index contributed by atoms with van der Waals surface area (Å²) in [5.74, 6) is 2.08. The molecule has 1 aromatic heterocycles. The van der Waals surface area contributed by atoms with Crippen molar-refractivity contribution in [2.75, 3.05) is 0 Å². The van der Waals surface area contributed by atoms with Crippen molar-refractivity contribution in [3.05, 3.63) is 35.7 Å². The van der Waals surface area contributed by atoms with Gasteiger partial charge in [-0.3, -0.25) is 0 Å². The number of aromatic nitrogens is 3. The third-order valence-electron chi connectivity index (χ3n) is 3.01. The highest BCUT2D eigenvalue weighted by molar-refractivity contribution is 5.64. The van der Waals surface area contributed by atoms with E-state index in [-0.39, 0.29) is 5.41 Å². The summed E-state index contributed by atoms with van der Waals surface area (Å²) in [6.07, 6.45) is 0.